The monoisotopic (exact) mass is 314 g/mol. The van der Waals surface area contributed by atoms with Gasteiger partial charge in [0.15, 0.2) is 5.18 Å². The maximum atomic E-state index is 12.9. The minimum atomic E-state index is -3.16. The van der Waals surface area contributed by atoms with E-state index < -0.39 is 10.5 Å². The minimum Gasteiger partial charge on any atom is -0.186 e. The quantitative estimate of drug-likeness (QED) is 0.561. The molecule has 0 bridgehead atoms. The normalized spacial score (nSPS) is 14.9. The summed E-state index contributed by atoms with van der Waals surface area (Å²) in [4.78, 5) is -3.16. The maximum Gasteiger partial charge on any atom is 0.409 e. The van der Waals surface area contributed by atoms with Crippen molar-refractivity contribution >= 4 is 27.3 Å². The molecule has 0 aromatic heterocycles. The second-order valence-corrected chi connectivity index (χ2v) is 5.15. The molecule has 0 unspecified atom stereocenters. The molecule has 0 amide bonds. The van der Waals surface area contributed by atoms with Gasteiger partial charge in [-0.05, 0) is 47.1 Å². The van der Waals surface area contributed by atoms with E-state index in [2.05, 4.69) is 21.1 Å². The molecule has 0 N–H and O–H groups in total. The Morgan fingerprint density at radius 2 is 1.83 bits per heavy atom. The van der Waals surface area contributed by atoms with E-state index in [9.17, 15) is 8.78 Å². The van der Waals surface area contributed by atoms with Gasteiger partial charge in [-0.3, -0.25) is 0 Å². The molecule has 1 aliphatic rings. The van der Waals surface area contributed by atoms with E-state index in [0.717, 1.165) is 10.4 Å². The van der Waals surface area contributed by atoms with E-state index in [1.165, 1.54) is 11.6 Å². The number of hydrogen-bond acceptors (Lipinski definition) is 1. The lowest BCUT2D eigenvalue weighted by molar-refractivity contribution is 0.155. The first-order chi connectivity index (χ1) is 8.38. The molecule has 0 saturated carbocycles. The van der Waals surface area contributed by atoms with Crippen LogP contribution in [0.3, 0.4) is 0 Å². The van der Waals surface area contributed by atoms with Gasteiger partial charge < -0.3 is 0 Å². The highest BCUT2D eigenvalue weighted by atomic mass is 79.9. The van der Waals surface area contributed by atoms with Crippen LogP contribution >= 0.6 is 15.9 Å². The van der Waals surface area contributed by atoms with Crippen LogP contribution in [0.1, 0.15) is 13.8 Å². The highest BCUT2D eigenvalue weighted by Crippen LogP contribution is 2.35. The number of rotatable bonds is 1. The average molecular weight is 315 g/mol. The first-order valence-corrected chi connectivity index (χ1v) is 6.12. The Labute approximate surface area is 111 Å². The van der Waals surface area contributed by atoms with Gasteiger partial charge in [0.25, 0.3) is 0 Å². The molecule has 2 nitrogen and oxygen atoms in total. The van der Waals surface area contributed by atoms with Crippen LogP contribution in [0, 0.1) is 4.54 Å². The molecule has 0 spiro atoms. The molecule has 1 aromatic carbocycles. The van der Waals surface area contributed by atoms with Crippen molar-refractivity contribution in [1.82, 2.24) is 0 Å². The number of hydrogen-bond donors (Lipinski definition) is 0. The van der Waals surface area contributed by atoms with E-state index in [1.807, 2.05) is 38.1 Å². The topological polar surface area (TPSA) is 23.7 Å². The Morgan fingerprint density at radius 3 is 2.28 bits per heavy atom. The van der Waals surface area contributed by atoms with Crippen LogP contribution in [-0.4, -0.2) is 4.83 Å². The second-order valence-electron chi connectivity index (χ2n) is 4.15. The van der Waals surface area contributed by atoms with Gasteiger partial charge in [-0.25, -0.2) is 0 Å². The van der Waals surface area contributed by atoms with Gasteiger partial charge in [-0.1, -0.05) is 22.2 Å². The van der Waals surface area contributed by atoms with Gasteiger partial charge in [0.1, 0.15) is 0 Å². The summed E-state index contributed by atoms with van der Waals surface area (Å²) in [5.41, 5.74) is 0.756. The van der Waals surface area contributed by atoms with Crippen LogP contribution in [-0.2, 0) is 0 Å². The summed E-state index contributed by atoms with van der Waals surface area (Å²) in [6, 6.07) is 7.47. The Bertz CT molecular complexity index is 629. The van der Waals surface area contributed by atoms with Crippen LogP contribution in [0.2, 0.25) is 0 Å². The first-order valence-electron chi connectivity index (χ1n) is 5.33. The number of allylic oxidation sites excluding steroid dienone is 1. The maximum absolute atomic E-state index is 12.9. The third-order valence-corrected chi connectivity index (χ3v) is 2.95. The van der Waals surface area contributed by atoms with Crippen molar-refractivity contribution in [3.63, 3.8) is 0 Å². The number of halogens is 3. The molecule has 1 heterocycles. The molecule has 18 heavy (non-hydrogen) atoms. The number of nitrogens with zero attached hydrogens (tertiary/aromatic N) is 1. The van der Waals surface area contributed by atoms with Gasteiger partial charge in [0.05, 0.1) is 11.3 Å². The molecule has 0 radical (unpaired) electrons. The fourth-order valence-corrected chi connectivity index (χ4v) is 1.70. The smallest absolute Gasteiger partial charge is 0.186 e. The Morgan fingerprint density at radius 1 is 1.22 bits per heavy atom. The zero-order valence-electron chi connectivity index (χ0n) is 9.88. The summed E-state index contributed by atoms with van der Waals surface area (Å²) in [6.45, 7) is 4.01. The van der Waals surface area contributed by atoms with Crippen molar-refractivity contribution in [3.8, 4) is 0 Å². The molecule has 0 fully saturated rings. The van der Waals surface area contributed by atoms with E-state index >= 15 is 0 Å². The van der Waals surface area contributed by atoms with E-state index in [4.69, 9.17) is 4.54 Å². The summed E-state index contributed by atoms with van der Waals surface area (Å²) >= 11 is 2.24. The van der Waals surface area contributed by atoms with E-state index in [1.54, 1.807) is 0 Å². The number of benzene rings is 1. The molecule has 5 heteroatoms. The van der Waals surface area contributed by atoms with Gasteiger partial charge >= 0.3 is 10.6 Å². The Balaban J connectivity index is 2.50. The van der Waals surface area contributed by atoms with Crippen molar-refractivity contribution in [3.05, 3.63) is 51.0 Å². The van der Waals surface area contributed by atoms with Crippen molar-refractivity contribution in [2.24, 2.45) is 5.18 Å². The Hall–Kier alpha value is -1.36. The Kier molecular flexibility index (Phi) is 3.43. The second kappa shape index (κ2) is 4.72. The zero-order chi connectivity index (χ0) is 13.3. The van der Waals surface area contributed by atoms with Crippen LogP contribution < -0.4 is 10.4 Å². The number of alkyl halides is 3. The minimum absolute atomic E-state index is 0.324. The van der Waals surface area contributed by atoms with Crippen molar-refractivity contribution in [2.75, 3.05) is 0 Å². The average Bonchev–Trinajstić information content (AvgIpc) is 2.78. The van der Waals surface area contributed by atoms with Crippen molar-refractivity contribution < 1.29 is 8.78 Å². The fraction of sp³-hybridized carbons (Fsp3) is 0.231. The van der Waals surface area contributed by atoms with Gasteiger partial charge in [0, 0.05) is 0 Å². The van der Waals surface area contributed by atoms with Gasteiger partial charge in [0.2, 0.25) is 5.70 Å². The van der Waals surface area contributed by atoms with Crippen molar-refractivity contribution in [1.29, 1.82) is 0 Å². The standard InChI is InChI=1S/C13H11BrF2NO/c1-8(2)9-3-5-10(6-4-9)11-7-12(17-18-11)13(14,15)16/h3-7H,1-2H3/q+1. The molecule has 1 aliphatic heterocycles. The van der Waals surface area contributed by atoms with Gasteiger partial charge in [-0.15, -0.1) is 0 Å². The van der Waals surface area contributed by atoms with Crippen LogP contribution in [0.15, 0.2) is 41.2 Å². The van der Waals surface area contributed by atoms with Gasteiger partial charge in [-0.2, -0.15) is 8.78 Å². The lowest BCUT2D eigenvalue weighted by atomic mass is 10.2. The SMILES string of the molecule is CC(C)=c1ccc(=C2C=C(C(F)(F)Br)N=[O+]2)cc1. The third kappa shape index (κ3) is 2.72. The highest BCUT2D eigenvalue weighted by Gasteiger charge is 2.39. The molecular formula is C13H11BrF2NO+. The summed E-state index contributed by atoms with van der Waals surface area (Å²) < 4.78 is 30.8. The summed E-state index contributed by atoms with van der Waals surface area (Å²) in [6.07, 6.45) is 1.23. The summed E-state index contributed by atoms with van der Waals surface area (Å²) in [7, 11) is 0. The largest absolute Gasteiger partial charge is 0.409 e. The third-order valence-electron chi connectivity index (χ3n) is 2.55. The lowest BCUT2D eigenvalue weighted by Gasteiger charge is -1.98. The molecule has 0 atom stereocenters. The fourth-order valence-electron chi connectivity index (χ4n) is 1.51. The highest BCUT2D eigenvalue weighted by molar-refractivity contribution is 9.10. The molecule has 0 aliphatic carbocycles. The predicted octanol–water partition coefficient (Wildman–Crippen LogP) is 3.17. The molecule has 94 valence electrons. The summed E-state index contributed by atoms with van der Waals surface area (Å²) in [5, 5.41) is 5.16. The van der Waals surface area contributed by atoms with E-state index in [0.29, 0.717) is 5.76 Å². The predicted molar refractivity (Wildman–Crippen MR) is 71.6 cm³/mol. The molecule has 2 rings (SSSR count). The van der Waals surface area contributed by atoms with Crippen molar-refractivity contribution in [2.45, 2.75) is 18.7 Å². The molecule has 0 saturated heterocycles. The lowest BCUT2D eigenvalue weighted by Crippen LogP contribution is -2.10. The zero-order valence-corrected chi connectivity index (χ0v) is 11.5. The number of nitroso groups, excluding NO2 is 1. The molecule has 1 aromatic rings. The first kappa shape index (κ1) is 13.1. The van der Waals surface area contributed by atoms with Crippen LogP contribution in [0.25, 0.3) is 11.3 Å². The summed E-state index contributed by atoms with van der Waals surface area (Å²) in [5.74, 6) is 0.324. The van der Waals surface area contributed by atoms with Crippen LogP contribution in [0.5, 0.6) is 0 Å². The van der Waals surface area contributed by atoms with Crippen LogP contribution in [0.4, 0.5) is 8.78 Å². The molecular weight excluding hydrogens is 304 g/mol. The van der Waals surface area contributed by atoms with E-state index in [-0.39, 0.29) is 0 Å².